The fourth-order valence-corrected chi connectivity index (χ4v) is 4.03. The summed E-state index contributed by atoms with van der Waals surface area (Å²) in [5.41, 5.74) is 1.22. The SMILES string of the molecule is O=C(NC1CCN(c2ccnc3c(F)cc(F)cc23)CC1)c1cccc(Cl)c1Cl. The van der Waals surface area contributed by atoms with Crippen molar-refractivity contribution in [3.63, 3.8) is 0 Å². The smallest absolute Gasteiger partial charge is 0.253 e. The van der Waals surface area contributed by atoms with Crippen molar-refractivity contribution < 1.29 is 13.6 Å². The summed E-state index contributed by atoms with van der Waals surface area (Å²) in [6.45, 7) is 1.26. The number of aromatic nitrogens is 1. The first-order valence-corrected chi connectivity index (χ1v) is 9.93. The fraction of sp³-hybridized carbons (Fsp3) is 0.238. The van der Waals surface area contributed by atoms with Gasteiger partial charge in [-0.05, 0) is 37.1 Å². The highest BCUT2D eigenvalue weighted by atomic mass is 35.5. The van der Waals surface area contributed by atoms with Crippen LogP contribution in [-0.2, 0) is 0 Å². The van der Waals surface area contributed by atoms with Gasteiger partial charge in [-0.25, -0.2) is 8.78 Å². The number of hydrogen-bond donors (Lipinski definition) is 1. The maximum Gasteiger partial charge on any atom is 0.253 e. The molecule has 4 rings (SSSR count). The summed E-state index contributed by atoms with van der Waals surface area (Å²) in [6.07, 6.45) is 2.89. The highest BCUT2D eigenvalue weighted by Crippen LogP contribution is 2.30. The van der Waals surface area contributed by atoms with Gasteiger partial charge in [0.05, 0.1) is 15.6 Å². The van der Waals surface area contributed by atoms with E-state index >= 15 is 0 Å². The molecule has 1 aliphatic rings. The quantitative estimate of drug-likeness (QED) is 0.613. The van der Waals surface area contributed by atoms with E-state index in [1.54, 1.807) is 24.3 Å². The molecule has 150 valence electrons. The van der Waals surface area contributed by atoms with Gasteiger partial charge in [-0.15, -0.1) is 0 Å². The standard InChI is InChI=1S/C21H17Cl2F2N3O/c22-16-3-1-2-14(19(16)23)21(29)27-13-5-8-28(9-6-13)18-4-7-26-20-15(18)10-12(24)11-17(20)25/h1-4,7,10-11,13H,5-6,8-9H2,(H,27,29). The number of nitrogens with one attached hydrogen (secondary N) is 1. The number of carbonyl (C=O) groups excluding carboxylic acids is 1. The van der Waals surface area contributed by atoms with E-state index in [1.807, 2.05) is 0 Å². The summed E-state index contributed by atoms with van der Waals surface area (Å²) in [5.74, 6) is -1.58. The number of hydrogen-bond acceptors (Lipinski definition) is 3. The maximum atomic E-state index is 14.0. The van der Waals surface area contributed by atoms with Crippen LogP contribution in [0.4, 0.5) is 14.5 Å². The van der Waals surface area contributed by atoms with Gasteiger partial charge in [-0.3, -0.25) is 9.78 Å². The summed E-state index contributed by atoms with van der Waals surface area (Å²) < 4.78 is 27.8. The second-order valence-electron chi connectivity index (χ2n) is 6.95. The third-order valence-electron chi connectivity index (χ3n) is 5.11. The molecule has 2 heterocycles. The van der Waals surface area contributed by atoms with Crippen molar-refractivity contribution in [3.8, 4) is 0 Å². The Morgan fingerprint density at radius 1 is 1.14 bits per heavy atom. The zero-order valence-electron chi connectivity index (χ0n) is 15.3. The van der Waals surface area contributed by atoms with E-state index in [9.17, 15) is 13.6 Å². The minimum absolute atomic E-state index is 0.0321. The maximum absolute atomic E-state index is 14.0. The van der Waals surface area contributed by atoms with Crippen molar-refractivity contribution in [1.82, 2.24) is 10.3 Å². The Morgan fingerprint density at radius 2 is 1.90 bits per heavy atom. The highest BCUT2D eigenvalue weighted by molar-refractivity contribution is 6.43. The molecule has 0 bridgehead atoms. The lowest BCUT2D eigenvalue weighted by atomic mass is 10.0. The van der Waals surface area contributed by atoms with Gasteiger partial charge in [0.15, 0.2) is 5.82 Å². The number of pyridine rings is 1. The first-order valence-electron chi connectivity index (χ1n) is 9.17. The minimum atomic E-state index is -0.678. The molecular formula is C21H17Cl2F2N3O. The van der Waals surface area contributed by atoms with Crippen LogP contribution in [0.2, 0.25) is 10.0 Å². The Balaban J connectivity index is 1.47. The Labute approximate surface area is 176 Å². The molecule has 2 aromatic carbocycles. The second kappa shape index (κ2) is 8.13. The topological polar surface area (TPSA) is 45.2 Å². The minimum Gasteiger partial charge on any atom is -0.371 e. The van der Waals surface area contributed by atoms with Crippen LogP contribution in [0.25, 0.3) is 10.9 Å². The van der Waals surface area contributed by atoms with Gasteiger partial charge < -0.3 is 10.2 Å². The zero-order chi connectivity index (χ0) is 20.5. The number of carbonyl (C=O) groups is 1. The predicted octanol–water partition coefficient (Wildman–Crippen LogP) is 5.22. The average molecular weight is 436 g/mol. The molecule has 29 heavy (non-hydrogen) atoms. The van der Waals surface area contributed by atoms with Gasteiger partial charge in [0.2, 0.25) is 0 Å². The molecule has 0 radical (unpaired) electrons. The number of halogens is 4. The van der Waals surface area contributed by atoms with Crippen LogP contribution in [0.3, 0.4) is 0 Å². The summed E-state index contributed by atoms with van der Waals surface area (Å²) >= 11 is 12.1. The van der Waals surface area contributed by atoms with Crippen molar-refractivity contribution in [2.45, 2.75) is 18.9 Å². The summed E-state index contributed by atoms with van der Waals surface area (Å²) in [7, 11) is 0. The Hall–Kier alpha value is -2.44. The summed E-state index contributed by atoms with van der Waals surface area (Å²) in [4.78, 5) is 18.6. The number of benzene rings is 2. The molecule has 0 aliphatic carbocycles. The zero-order valence-corrected chi connectivity index (χ0v) is 16.8. The molecule has 0 unspecified atom stereocenters. The molecule has 1 amide bonds. The molecule has 1 fully saturated rings. The van der Waals surface area contributed by atoms with E-state index in [1.165, 1.54) is 12.3 Å². The van der Waals surface area contributed by atoms with Crippen molar-refractivity contribution in [1.29, 1.82) is 0 Å². The van der Waals surface area contributed by atoms with Gasteiger partial charge >= 0.3 is 0 Å². The average Bonchev–Trinajstić information content (AvgIpc) is 2.70. The predicted molar refractivity (Wildman–Crippen MR) is 111 cm³/mol. The van der Waals surface area contributed by atoms with E-state index in [4.69, 9.17) is 23.2 Å². The van der Waals surface area contributed by atoms with Crippen molar-refractivity contribution >= 4 is 45.7 Å². The van der Waals surface area contributed by atoms with Crippen LogP contribution in [0.5, 0.6) is 0 Å². The Bertz CT molecular complexity index is 1080. The van der Waals surface area contributed by atoms with Crippen LogP contribution >= 0.6 is 23.2 Å². The van der Waals surface area contributed by atoms with E-state index in [-0.39, 0.29) is 22.5 Å². The molecular weight excluding hydrogens is 419 g/mol. The Morgan fingerprint density at radius 3 is 2.66 bits per heavy atom. The molecule has 1 aromatic heterocycles. The third-order valence-corrected chi connectivity index (χ3v) is 5.93. The molecule has 0 spiro atoms. The monoisotopic (exact) mass is 435 g/mol. The second-order valence-corrected chi connectivity index (χ2v) is 7.74. The number of nitrogens with zero attached hydrogens (tertiary/aromatic N) is 2. The van der Waals surface area contributed by atoms with E-state index in [0.29, 0.717) is 41.9 Å². The van der Waals surface area contributed by atoms with Crippen molar-refractivity contribution in [2.24, 2.45) is 0 Å². The Kier molecular flexibility index (Phi) is 5.56. The van der Waals surface area contributed by atoms with Crippen LogP contribution in [-0.4, -0.2) is 30.0 Å². The van der Waals surface area contributed by atoms with Gasteiger partial charge in [0, 0.05) is 42.5 Å². The first kappa shape index (κ1) is 19.9. The van der Waals surface area contributed by atoms with Crippen LogP contribution in [0.15, 0.2) is 42.6 Å². The van der Waals surface area contributed by atoms with Crippen LogP contribution < -0.4 is 10.2 Å². The molecule has 1 aliphatic heterocycles. The molecule has 4 nitrogen and oxygen atoms in total. The largest absolute Gasteiger partial charge is 0.371 e. The third kappa shape index (κ3) is 4.00. The van der Waals surface area contributed by atoms with Crippen LogP contribution in [0.1, 0.15) is 23.2 Å². The lowest BCUT2D eigenvalue weighted by molar-refractivity contribution is 0.0931. The molecule has 0 atom stereocenters. The number of rotatable bonds is 3. The molecule has 3 aromatic rings. The molecule has 0 saturated carbocycles. The number of anilines is 1. The van der Waals surface area contributed by atoms with Gasteiger partial charge in [0.25, 0.3) is 5.91 Å². The summed E-state index contributed by atoms with van der Waals surface area (Å²) in [5, 5.41) is 4.00. The van der Waals surface area contributed by atoms with Gasteiger partial charge in [-0.1, -0.05) is 29.3 Å². The van der Waals surface area contributed by atoms with Crippen molar-refractivity contribution in [2.75, 3.05) is 18.0 Å². The normalized spacial score (nSPS) is 15.0. The van der Waals surface area contributed by atoms with Crippen molar-refractivity contribution in [3.05, 3.63) is 69.8 Å². The lowest BCUT2D eigenvalue weighted by Crippen LogP contribution is -2.44. The molecule has 1 saturated heterocycles. The van der Waals surface area contributed by atoms with Crippen LogP contribution in [0, 0.1) is 11.6 Å². The van der Waals surface area contributed by atoms with Gasteiger partial charge in [0.1, 0.15) is 11.3 Å². The number of piperidine rings is 1. The van der Waals surface area contributed by atoms with Gasteiger partial charge in [-0.2, -0.15) is 0 Å². The molecule has 8 heteroatoms. The van der Waals surface area contributed by atoms with E-state index < -0.39 is 11.6 Å². The van der Waals surface area contributed by atoms with E-state index in [2.05, 4.69) is 15.2 Å². The lowest BCUT2D eigenvalue weighted by Gasteiger charge is -2.34. The first-order chi connectivity index (χ1) is 13.9. The summed E-state index contributed by atoms with van der Waals surface area (Å²) in [6, 6.07) is 8.80. The molecule has 1 N–H and O–H groups in total. The number of fused-ring (bicyclic) bond motifs is 1. The fourth-order valence-electron chi connectivity index (χ4n) is 3.65. The van der Waals surface area contributed by atoms with E-state index in [0.717, 1.165) is 11.8 Å². The highest BCUT2D eigenvalue weighted by Gasteiger charge is 2.24. The number of amides is 1.